The van der Waals surface area contributed by atoms with Gasteiger partial charge in [0.1, 0.15) is 5.75 Å². The normalized spacial score (nSPS) is 12.3. The van der Waals surface area contributed by atoms with Crippen molar-refractivity contribution < 1.29 is 9.13 Å². The molecule has 0 aromatic heterocycles. The molecule has 0 aliphatic rings. The minimum Gasteiger partial charge on any atom is -0.454 e. The van der Waals surface area contributed by atoms with Crippen molar-refractivity contribution in [3.05, 3.63) is 58.9 Å². The average Bonchev–Trinajstić information content (AvgIpc) is 2.34. The summed E-state index contributed by atoms with van der Waals surface area (Å²) in [5.74, 6) is 0.490. The van der Waals surface area contributed by atoms with Crippen molar-refractivity contribution in [2.45, 2.75) is 26.8 Å². The molecule has 2 N–H and O–H groups in total. The molecule has 2 aromatic rings. The predicted molar refractivity (Wildman–Crippen MR) is 75.0 cm³/mol. The van der Waals surface area contributed by atoms with Gasteiger partial charge < -0.3 is 10.5 Å². The maximum Gasteiger partial charge on any atom is 0.166 e. The standard InChI is InChI=1S/C16H18FNO/c1-10-4-6-15(11(2)8-10)19-16-7-5-13(12(3)18)9-14(16)17/h4-9,12H,18H2,1-3H3/t12-/m1/s1. The Balaban J connectivity index is 2.28. The molecular formula is C16H18FNO. The molecule has 0 fully saturated rings. The molecule has 0 saturated heterocycles. The van der Waals surface area contributed by atoms with Crippen LogP contribution < -0.4 is 10.5 Å². The van der Waals surface area contributed by atoms with Crippen molar-refractivity contribution in [3.63, 3.8) is 0 Å². The first-order valence-corrected chi connectivity index (χ1v) is 6.27. The van der Waals surface area contributed by atoms with Gasteiger partial charge in [-0.05, 0) is 50.1 Å². The number of aryl methyl sites for hydroxylation is 2. The van der Waals surface area contributed by atoms with Gasteiger partial charge in [-0.1, -0.05) is 23.8 Å². The fraction of sp³-hybridized carbons (Fsp3) is 0.250. The lowest BCUT2D eigenvalue weighted by molar-refractivity contribution is 0.438. The van der Waals surface area contributed by atoms with Gasteiger partial charge in [-0.15, -0.1) is 0 Å². The summed E-state index contributed by atoms with van der Waals surface area (Å²) in [6.45, 7) is 5.77. The smallest absolute Gasteiger partial charge is 0.166 e. The number of benzene rings is 2. The third kappa shape index (κ3) is 3.12. The van der Waals surface area contributed by atoms with E-state index in [1.807, 2.05) is 39.0 Å². The molecule has 2 nitrogen and oxygen atoms in total. The van der Waals surface area contributed by atoms with E-state index in [0.717, 1.165) is 16.7 Å². The third-order valence-electron chi connectivity index (χ3n) is 3.03. The molecule has 0 unspecified atom stereocenters. The van der Waals surface area contributed by atoms with E-state index in [4.69, 9.17) is 10.5 Å². The zero-order chi connectivity index (χ0) is 14.0. The SMILES string of the molecule is Cc1ccc(Oc2ccc([C@@H](C)N)cc2F)c(C)c1. The van der Waals surface area contributed by atoms with Crippen LogP contribution >= 0.6 is 0 Å². The van der Waals surface area contributed by atoms with Gasteiger partial charge in [0.15, 0.2) is 11.6 Å². The first-order valence-electron chi connectivity index (χ1n) is 6.27. The van der Waals surface area contributed by atoms with Crippen molar-refractivity contribution in [2.24, 2.45) is 5.73 Å². The Hall–Kier alpha value is -1.87. The van der Waals surface area contributed by atoms with E-state index in [1.54, 1.807) is 12.1 Å². The Morgan fingerprint density at radius 1 is 1.05 bits per heavy atom. The van der Waals surface area contributed by atoms with Crippen LogP contribution in [0.4, 0.5) is 4.39 Å². The quantitative estimate of drug-likeness (QED) is 0.894. The van der Waals surface area contributed by atoms with Crippen LogP contribution in [-0.4, -0.2) is 0 Å². The zero-order valence-electron chi connectivity index (χ0n) is 11.4. The van der Waals surface area contributed by atoms with Gasteiger partial charge in [0, 0.05) is 6.04 Å². The second-order valence-electron chi connectivity index (χ2n) is 4.85. The van der Waals surface area contributed by atoms with Crippen LogP contribution in [0.2, 0.25) is 0 Å². The Bertz CT molecular complexity index is 593. The van der Waals surface area contributed by atoms with Crippen LogP contribution in [0.1, 0.15) is 29.7 Å². The summed E-state index contributed by atoms with van der Waals surface area (Å²) < 4.78 is 19.5. The van der Waals surface area contributed by atoms with Gasteiger partial charge in [0.2, 0.25) is 0 Å². The summed E-state index contributed by atoms with van der Waals surface area (Å²) in [7, 11) is 0. The number of ether oxygens (including phenoxy) is 1. The van der Waals surface area contributed by atoms with Gasteiger partial charge in [-0.25, -0.2) is 4.39 Å². The molecule has 0 saturated carbocycles. The monoisotopic (exact) mass is 259 g/mol. The summed E-state index contributed by atoms with van der Waals surface area (Å²) in [5.41, 5.74) is 8.61. The Labute approximate surface area is 113 Å². The van der Waals surface area contributed by atoms with E-state index >= 15 is 0 Å². The second kappa shape index (κ2) is 5.41. The molecule has 100 valence electrons. The molecule has 0 bridgehead atoms. The molecule has 19 heavy (non-hydrogen) atoms. The largest absolute Gasteiger partial charge is 0.454 e. The number of nitrogens with two attached hydrogens (primary N) is 1. The van der Waals surface area contributed by atoms with Gasteiger partial charge in [0.25, 0.3) is 0 Å². The minimum absolute atomic E-state index is 0.190. The van der Waals surface area contributed by atoms with Crippen LogP contribution in [0.5, 0.6) is 11.5 Å². The molecular weight excluding hydrogens is 241 g/mol. The van der Waals surface area contributed by atoms with E-state index < -0.39 is 5.82 Å². The highest BCUT2D eigenvalue weighted by Crippen LogP contribution is 2.29. The Kier molecular flexibility index (Phi) is 3.86. The van der Waals surface area contributed by atoms with Crippen molar-refractivity contribution >= 4 is 0 Å². The number of hydrogen-bond donors (Lipinski definition) is 1. The van der Waals surface area contributed by atoms with Crippen LogP contribution in [0.25, 0.3) is 0 Å². The first-order chi connectivity index (χ1) is 8.97. The van der Waals surface area contributed by atoms with Crippen LogP contribution in [0.3, 0.4) is 0 Å². The van der Waals surface area contributed by atoms with Crippen LogP contribution in [-0.2, 0) is 0 Å². The lowest BCUT2D eigenvalue weighted by Crippen LogP contribution is -2.05. The van der Waals surface area contributed by atoms with Gasteiger partial charge in [0.05, 0.1) is 0 Å². The van der Waals surface area contributed by atoms with Crippen molar-refractivity contribution in [1.29, 1.82) is 0 Å². The minimum atomic E-state index is -0.394. The lowest BCUT2D eigenvalue weighted by Gasteiger charge is -2.12. The molecule has 0 amide bonds. The Morgan fingerprint density at radius 3 is 2.32 bits per heavy atom. The molecule has 3 heteroatoms. The molecule has 2 rings (SSSR count). The number of rotatable bonds is 3. The van der Waals surface area contributed by atoms with Crippen molar-refractivity contribution in [1.82, 2.24) is 0 Å². The predicted octanol–water partition coefficient (Wildman–Crippen LogP) is 4.25. The molecule has 2 aromatic carbocycles. The summed E-state index contributed by atoms with van der Waals surface area (Å²) in [4.78, 5) is 0. The molecule has 0 radical (unpaired) electrons. The first kappa shape index (κ1) is 13.6. The van der Waals surface area contributed by atoms with E-state index in [0.29, 0.717) is 5.75 Å². The number of halogens is 1. The van der Waals surface area contributed by atoms with E-state index in [2.05, 4.69) is 0 Å². The lowest BCUT2D eigenvalue weighted by atomic mass is 10.1. The molecule has 0 aliphatic carbocycles. The fourth-order valence-electron chi connectivity index (χ4n) is 1.92. The van der Waals surface area contributed by atoms with E-state index in [1.165, 1.54) is 6.07 Å². The van der Waals surface area contributed by atoms with Crippen molar-refractivity contribution in [2.75, 3.05) is 0 Å². The highest BCUT2D eigenvalue weighted by Gasteiger charge is 2.09. The van der Waals surface area contributed by atoms with Gasteiger partial charge >= 0.3 is 0 Å². The molecule has 0 heterocycles. The Morgan fingerprint density at radius 2 is 1.74 bits per heavy atom. The number of hydrogen-bond acceptors (Lipinski definition) is 2. The highest BCUT2D eigenvalue weighted by molar-refractivity contribution is 5.40. The fourth-order valence-corrected chi connectivity index (χ4v) is 1.92. The maximum atomic E-state index is 13.9. The summed E-state index contributed by atoms with van der Waals surface area (Å²) in [6.07, 6.45) is 0. The molecule has 1 atom stereocenters. The summed E-state index contributed by atoms with van der Waals surface area (Å²) >= 11 is 0. The van der Waals surface area contributed by atoms with Gasteiger partial charge in [-0.2, -0.15) is 0 Å². The average molecular weight is 259 g/mol. The molecule has 0 aliphatic heterocycles. The second-order valence-corrected chi connectivity index (χ2v) is 4.85. The zero-order valence-corrected chi connectivity index (χ0v) is 11.4. The van der Waals surface area contributed by atoms with E-state index in [-0.39, 0.29) is 11.8 Å². The van der Waals surface area contributed by atoms with Crippen LogP contribution in [0.15, 0.2) is 36.4 Å². The van der Waals surface area contributed by atoms with Crippen molar-refractivity contribution in [3.8, 4) is 11.5 Å². The summed E-state index contributed by atoms with van der Waals surface area (Å²) in [6, 6.07) is 10.4. The van der Waals surface area contributed by atoms with E-state index in [9.17, 15) is 4.39 Å². The highest BCUT2D eigenvalue weighted by atomic mass is 19.1. The van der Waals surface area contributed by atoms with Crippen LogP contribution in [0, 0.1) is 19.7 Å². The summed E-state index contributed by atoms with van der Waals surface area (Å²) in [5, 5.41) is 0. The molecule has 0 spiro atoms. The third-order valence-corrected chi connectivity index (χ3v) is 3.03. The van der Waals surface area contributed by atoms with Gasteiger partial charge in [-0.3, -0.25) is 0 Å². The maximum absolute atomic E-state index is 13.9. The topological polar surface area (TPSA) is 35.2 Å².